The van der Waals surface area contributed by atoms with Crippen molar-refractivity contribution in [3.63, 3.8) is 0 Å². The van der Waals surface area contributed by atoms with Gasteiger partial charge in [0.05, 0.1) is 11.3 Å². The fraction of sp³-hybridized carbons (Fsp3) is 0.267. The van der Waals surface area contributed by atoms with Gasteiger partial charge in [0.1, 0.15) is 23.5 Å². The maximum atomic E-state index is 9.22. The molecule has 0 saturated heterocycles. The molecule has 1 heterocycles. The first kappa shape index (κ1) is 13.8. The standard InChI is InChI=1S/C15H14BrN5/c1-18-13-7-14(21-15(20-13)9-2-3-9)19-12-5-4-11(16)6-10(12)8-17/h4-7,9H,2-3H2,1H3,(H2,18,19,20,21). The molecule has 0 atom stereocenters. The van der Waals surface area contributed by atoms with Gasteiger partial charge in [0.2, 0.25) is 0 Å². The largest absolute Gasteiger partial charge is 0.373 e. The number of nitrogens with zero attached hydrogens (tertiary/aromatic N) is 3. The number of benzene rings is 1. The Bertz CT molecular complexity index is 718. The zero-order valence-corrected chi connectivity index (χ0v) is 13.1. The Morgan fingerprint density at radius 1 is 1.24 bits per heavy atom. The van der Waals surface area contributed by atoms with E-state index in [2.05, 4.69) is 42.6 Å². The smallest absolute Gasteiger partial charge is 0.136 e. The molecule has 1 aromatic carbocycles. The van der Waals surface area contributed by atoms with Gasteiger partial charge in [0, 0.05) is 23.5 Å². The molecular weight excluding hydrogens is 330 g/mol. The quantitative estimate of drug-likeness (QED) is 0.883. The van der Waals surface area contributed by atoms with Crippen molar-refractivity contribution in [2.75, 3.05) is 17.7 Å². The van der Waals surface area contributed by atoms with Crippen LogP contribution in [0.1, 0.15) is 30.1 Å². The predicted molar refractivity (Wildman–Crippen MR) is 85.7 cm³/mol. The normalized spacial score (nSPS) is 13.6. The van der Waals surface area contributed by atoms with Gasteiger partial charge >= 0.3 is 0 Å². The van der Waals surface area contributed by atoms with Crippen molar-refractivity contribution in [3.8, 4) is 6.07 Å². The summed E-state index contributed by atoms with van der Waals surface area (Å²) in [6.45, 7) is 0. The lowest BCUT2D eigenvalue weighted by atomic mass is 10.2. The van der Waals surface area contributed by atoms with Crippen LogP contribution in [0.4, 0.5) is 17.3 Å². The molecule has 0 spiro atoms. The number of halogens is 1. The van der Waals surface area contributed by atoms with E-state index in [-0.39, 0.29) is 0 Å². The van der Waals surface area contributed by atoms with Gasteiger partial charge in [-0.05, 0) is 31.0 Å². The summed E-state index contributed by atoms with van der Waals surface area (Å²) in [5, 5.41) is 15.5. The number of nitrogens with one attached hydrogen (secondary N) is 2. The van der Waals surface area contributed by atoms with Crippen LogP contribution in [0.3, 0.4) is 0 Å². The molecule has 0 amide bonds. The van der Waals surface area contributed by atoms with Crippen LogP contribution in [0.25, 0.3) is 0 Å². The third-order valence-corrected chi connectivity index (χ3v) is 3.80. The Morgan fingerprint density at radius 3 is 2.67 bits per heavy atom. The second kappa shape index (κ2) is 5.70. The van der Waals surface area contributed by atoms with Crippen molar-refractivity contribution < 1.29 is 0 Å². The van der Waals surface area contributed by atoms with Crippen LogP contribution in [0.2, 0.25) is 0 Å². The molecule has 0 aliphatic heterocycles. The number of rotatable bonds is 4. The maximum Gasteiger partial charge on any atom is 0.136 e. The predicted octanol–water partition coefficient (Wildman–Crippen LogP) is 3.77. The summed E-state index contributed by atoms with van der Waals surface area (Å²) in [4.78, 5) is 9.03. The lowest BCUT2D eigenvalue weighted by Crippen LogP contribution is -2.03. The van der Waals surface area contributed by atoms with E-state index in [1.165, 1.54) is 0 Å². The van der Waals surface area contributed by atoms with E-state index in [9.17, 15) is 5.26 Å². The van der Waals surface area contributed by atoms with Gasteiger partial charge in [-0.3, -0.25) is 0 Å². The molecule has 0 unspecified atom stereocenters. The Hall–Kier alpha value is -2.13. The molecule has 1 fully saturated rings. The minimum Gasteiger partial charge on any atom is -0.373 e. The highest BCUT2D eigenvalue weighted by molar-refractivity contribution is 9.10. The maximum absolute atomic E-state index is 9.22. The van der Waals surface area contributed by atoms with Crippen molar-refractivity contribution in [1.29, 1.82) is 5.26 Å². The van der Waals surface area contributed by atoms with Gasteiger partial charge in [0.15, 0.2) is 0 Å². The first-order valence-electron chi connectivity index (χ1n) is 6.73. The third kappa shape index (κ3) is 3.14. The van der Waals surface area contributed by atoms with Crippen LogP contribution >= 0.6 is 15.9 Å². The van der Waals surface area contributed by atoms with Gasteiger partial charge in [-0.1, -0.05) is 15.9 Å². The fourth-order valence-corrected chi connectivity index (χ4v) is 2.40. The Kier molecular flexibility index (Phi) is 3.76. The van der Waals surface area contributed by atoms with Crippen LogP contribution in [0.5, 0.6) is 0 Å². The molecule has 1 aliphatic carbocycles. The Labute approximate surface area is 131 Å². The average Bonchev–Trinajstić information content (AvgIpc) is 3.33. The molecule has 0 radical (unpaired) electrons. The van der Waals surface area contributed by atoms with Gasteiger partial charge < -0.3 is 10.6 Å². The molecule has 0 bridgehead atoms. The Morgan fingerprint density at radius 2 is 2.00 bits per heavy atom. The van der Waals surface area contributed by atoms with E-state index in [4.69, 9.17) is 0 Å². The van der Waals surface area contributed by atoms with Crippen molar-refractivity contribution in [2.45, 2.75) is 18.8 Å². The average molecular weight is 344 g/mol. The molecule has 106 valence electrons. The Balaban J connectivity index is 1.94. The summed E-state index contributed by atoms with van der Waals surface area (Å²) in [6, 6.07) is 9.56. The van der Waals surface area contributed by atoms with Crippen molar-refractivity contribution in [1.82, 2.24) is 9.97 Å². The minimum absolute atomic E-state index is 0.471. The summed E-state index contributed by atoms with van der Waals surface area (Å²) < 4.78 is 0.877. The molecule has 2 aromatic rings. The van der Waals surface area contributed by atoms with Crippen LogP contribution in [0, 0.1) is 11.3 Å². The fourth-order valence-electron chi connectivity index (χ4n) is 2.04. The lowest BCUT2D eigenvalue weighted by molar-refractivity contribution is 0.932. The molecule has 1 aliphatic rings. The van der Waals surface area contributed by atoms with E-state index < -0.39 is 0 Å². The summed E-state index contributed by atoms with van der Waals surface area (Å²) in [6.07, 6.45) is 2.29. The molecular formula is C15H14BrN5. The number of anilines is 3. The first-order chi connectivity index (χ1) is 10.2. The zero-order chi connectivity index (χ0) is 14.8. The van der Waals surface area contributed by atoms with Gasteiger partial charge in [0.25, 0.3) is 0 Å². The molecule has 6 heteroatoms. The summed E-state index contributed by atoms with van der Waals surface area (Å²) >= 11 is 3.37. The second-order valence-corrected chi connectivity index (χ2v) is 5.86. The molecule has 21 heavy (non-hydrogen) atoms. The molecule has 1 aromatic heterocycles. The summed E-state index contributed by atoms with van der Waals surface area (Å²) in [5.74, 6) is 2.82. The van der Waals surface area contributed by atoms with Gasteiger partial charge in [-0.2, -0.15) is 5.26 Å². The first-order valence-corrected chi connectivity index (χ1v) is 7.52. The van der Waals surface area contributed by atoms with E-state index in [1.54, 1.807) is 6.07 Å². The van der Waals surface area contributed by atoms with Crippen LogP contribution in [-0.4, -0.2) is 17.0 Å². The number of aromatic nitrogens is 2. The van der Waals surface area contributed by atoms with Crippen molar-refractivity contribution in [2.24, 2.45) is 0 Å². The van der Waals surface area contributed by atoms with E-state index in [1.807, 2.05) is 25.2 Å². The number of hydrogen-bond acceptors (Lipinski definition) is 5. The van der Waals surface area contributed by atoms with Crippen molar-refractivity contribution in [3.05, 3.63) is 40.1 Å². The third-order valence-electron chi connectivity index (χ3n) is 3.31. The highest BCUT2D eigenvalue weighted by atomic mass is 79.9. The van der Waals surface area contributed by atoms with Gasteiger partial charge in [-0.15, -0.1) is 0 Å². The summed E-state index contributed by atoms with van der Waals surface area (Å²) in [7, 11) is 1.84. The SMILES string of the molecule is CNc1cc(Nc2ccc(Br)cc2C#N)nc(C2CC2)n1. The molecule has 1 saturated carbocycles. The molecule has 2 N–H and O–H groups in total. The molecule has 3 rings (SSSR count). The van der Waals surface area contributed by atoms with Crippen molar-refractivity contribution >= 4 is 33.3 Å². The highest BCUT2D eigenvalue weighted by Crippen LogP contribution is 2.39. The second-order valence-electron chi connectivity index (χ2n) is 4.95. The van der Waals surface area contributed by atoms with Crippen LogP contribution < -0.4 is 10.6 Å². The van der Waals surface area contributed by atoms with E-state index >= 15 is 0 Å². The van der Waals surface area contributed by atoms with Crippen LogP contribution in [0.15, 0.2) is 28.7 Å². The van der Waals surface area contributed by atoms with E-state index in [0.29, 0.717) is 17.3 Å². The topological polar surface area (TPSA) is 73.6 Å². The summed E-state index contributed by atoms with van der Waals surface area (Å²) in [5.41, 5.74) is 1.31. The number of nitriles is 1. The monoisotopic (exact) mass is 343 g/mol. The molecule has 5 nitrogen and oxygen atoms in total. The van der Waals surface area contributed by atoms with Crippen LogP contribution in [-0.2, 0) is 0 Å². The lowest BCUT2D eigenvalue weighted by Gasteiger charge is -2.11. The number of hydrogen-bond donors (Lipinski definition) is 2. The van der Waals surface area contributed by atoms with Gasteiger partial charge in [-0.25, -0.2) is 9.97 Å². The van der Waals surface area contributed by atoms with E-state index in [0.717, 1.165) is 34.6 Å². The minimum atomic E-state index is 0.471. The zero-order valence-electron chi connectivity index (χ0n) is 11.5. The highest BCUT2D eigenvalue weighted by Gasteiger charge is 2.27.